The number of nitrogens with zero attached hydrogens (tertiary/aromatic N) is 1. The molecule has 3 nitrogen and oxygen atoms in total. The van der Waals surface area contributed by atoms with E-state index in [1.165, 1.54) is 44.3 Å². The number of hydrogen-bond donors (Lipinski definition) is 1. The van der Waals surface area contributed by atoms with Crippen molar-refractivity contribution in [3.05, 3.63) is 23.7 Å². The molecule has 1 aromatic heterocycles. The predicted molar refractivity (Wildman–Crippen MR) is 76.9 cm³/mol. The second kappa shape index (κ2) is 5.29. The van der Waals surface area contributed by atoms with Crippen molar-refractivity contribution in [1.82, 2.24) is 10.2 Å². The molecule has 1 saturated carbocycles. The highest BCUT2D eigenvalue weighted by Gasteiger charge is 2.26. The maximum absolute atomic E-state index is 5.64. The SMILES string of the molecule is CC1(C)CCN(Cc2ccoc2CNC2CC2)CC1. The van der Waals surface area contributed by atoms with Gasteiger partial charge in [-0.15, -0.1) is 0 Å². The van der Waals surface area contributed by atoms with Crippen LogP contribution < -0.4 is 5.32 Å². The average Bonchev–Trinajstić information content (AvgIpc) is 3.10. The van der Waals surface area contributed by atoms with E-state index in [0.717, 1.165) is 24.9 Å². The molecular formula is C16H26N2O. The van der Waals surface area contributed by atoms with E-state index >= 15 is 0 Å². The summed E-state index contributed by atoms with van der Waals surface area (Å²) in [4.78, 5) is 2.57. The summed E-state index contributed by atoms with van der Waals surface area (Å²) in [5.41, 5.74) is 1.90. The highest BCUT2D eigenvalue weighted by atomic mass is 16.3. The Morgan fingerprint density at radius 2 is 2.05 bits per heavy atom. The smallest absolute Gasteiger partial charge is 0.122 e. The van der Waals surface area contributed by atoms with E-state index in [2.05, 4.69) is 30.1 Å². The van der Waals surface area contributed by atoms with Gasteiger partial charge in [-0.25, -0.2) is 0 Å². The van der Waals surface area contributed by atoms with E-state index in [1.807, 2.05) is 6.26 Å². The minimum absolute atomic E-state index is 0.531. The monoisotopic (exact) mass is 262 g/mol. The van der Waals surface area contributed by atoms with Gasteiger partial charge in [-0.2, -0.15) is 0 Å². The van der Waals surface area contributed by atoms with Crippen molar-refractivity contribution in [2.75, 3.05) is 13.1 Å². The molecule has 3 rings (SSSR count). The zero-order valence-corrected chi connectivity index (χ0v) is 12.2. The van der Waals surface area contributed by atoms with E-state index in [0.29, 0.717) is 5.41 Å². The third-order valence-corrected chi connectivity index (χ3v) is 4.57. The summed E-state index contributed by atoms with van der Waals surface area (Å²) in [5.74, 6) is 1.14. The summed E-state index contributed by atoms with van der Waals surface area (Å²) in [5, 5.41) is 3.54. The van der Waals surface area contributed by atoms with Gasteiger partial charge >= 0.3 is 0 Å². The lowest BCUT2D eigenvalue weighted by Gasteiger charge is -2.36. The lowest BCUT2D eigenvalue weighted by molar-refractivity contribution is 0.126. The first-order chi connectivity index (χ1) is 9.12. The standard InChI is InChI=1S/C16H26N2O/c1-16(2)6-8-18(9-7-16)12-13-5-10-19-15(13)11-17-14-3-4-14/h5,10,14,17H,3-4,6-9,11-12H2,1-2H3. The summed E-state index contributed by atoms with van der Waals surface area (Å²) in [7, 11) is 0. The van der Waals surface area contributed by atoms with Crippen molar-refractivity contribution in [1.29, 1.82) is 0 Å². The quantitative estimate of drug-likeness (QED) is 0.883. The molecule has 0 amide bonds. The van der Waals surface area contributed by atoms with Crippen molar-refractivity contribution < 1.29 is 4.42 Å². The van der Waals surface area contributed by atoms with Crippen LogP contribution in [0.4, 0.5) is 0 Å². The molecule has 3 heteroatoms. The maximum atomic E-state index is 5.64. The molecule has 0 atom stereocenters. The molecule has 2 fully saturated rings. The number of likely N-dealkylation sites (tertiary alicyclic amines) is 1. The Balaban J connectivity index is 1.53. The molecule has 1 aromatic rings. The molecule has 1 aliphatic carbocycles. The molecule has 0 bridgehead atoms. The van der Waals surface area contributed by atoms with Crippen molar-refractivity contribution in [3.63, 3.8) is 0 Å². The lowest BCUT2D eigenvalue weighted by atomic mass is 9.82. The molecule has 0 radical (unpaired) electrons. The van der Waals surface area contributed by atoms with Crippen LogP contribution in [0.25, 0.3) is 0 Å². The Kier molecular flexibility index (Phi) is 3.68. The first-order valence-electron chi connectivity index (χ1n) is 7.63. The Bertz CT molecular complexity index is 410. The molecule has 0 aromatic carbocycles. The minimum atomic E-state index is 0.531. The van der Waals surface area contributed by atoms with Gasteiger partial charge in [0, 0.05) is 18.2 Å². The third kappa shape index (κ3) is 3.61. The Hall–Kier alpha value is -0.800. The van der Waals surface area contributed by atoms with Gasteiger partial charge < -0.3 is 9.73 Å². The van der Waals surface area contributed by atoms with Crippen LogP contribution in [0, 0.1) is 5.41 Å². The predicted octanol–water partition coefficient (Wildman–Crippen LogP) is 3.15. The van der Waals surface area contributed by atoms with Crippen molar-refractivity contribution >= 4 is 0 Å². The summed E-state index contributed by atoms with van der Waals surface area (Å²) in [6, 6.07) is 2.89. The number of furan rings is 1. The Morgan fingerprint density at radius 1 is 1.32 bits per heavy atom. The molecule has 0 spiro atoms. The normalized spacial score (nSPS) is 23.7. The van der Waals surface area contributed by atoms with E-state index in [1.54, 1.807) is 0 Å². The van der Waals surface area contributed by atoms with E-state index < -0.39 is 0 Å². The minimum Gasteiger partial charge on any atom is -0.468 e. The molecule has 1 N–H and O–H groups in total. The van der Waals surface area contributed by atoms with Crippen LogP contribution in [-0.2, 0) is 13.1 Å². The second-order valence-electron chi connectivity index (χ2n) is 6.96. The molecule has 1 aliphatic heterocycles. The summed E-state index contributed by atoms with van der Waals surface area (Å²) < 4.78 is 5.64. The highest BCUT2D eigenvalue weighted by molar-refractivity contribution is 5.17. The van der Waals surface area contributed by atoms with E-state index in [9.17, 15) is 0 Å². The first-order valence-corrected chi connectivity index (χ1v) is 7.63. The van der Waals surface area contributed by atoms with Crippen LogP contribution in [0.3, 0.4) is 0 Å². The Labute approximate surface area is 116 Å². The van der Waals surface area contributed by atoms with Gasteiger partial charge in [0.1, 0.15) is 5.76 Å². The van der Waals surface area contributed by atoms with Gasteiger partial charge in [0.05, 0.1) is 12.8 Å². The second-order valence-corrected chi connectivity index (χ2v) is 6.96. The fourth-order valence-electron chi connectivity index (χ4n) is 2.74. The van der Waals surface area contributed by atoms with Crippen LogP contribution in [0.5, 0.6) is 0 Å². The fourth-order valence-corrected chi connectivity index (χ4v) is 2.74. The first kappa shape index (κ1) is 13.2. The van der Waals surface area contributed by atoms with Crippen molar-refractivity contribution in [2.24, 2.45) is 5.41 Å². The Morgan fingerprint density at radius 3 is 2.74 bits per heavy atom. The van der Waals surface area contributed by atoms with Crippen LogP contribution in [0.15, 0.2) is 16.7 Å². The van der Waals surface area contributed by atoms with Crippen LogP contribution in [0.1, 0.15) is 50.9 Å². The van der Waals surface area contributed by atoms with Gasteiger partial charge in [0.15, 0.2) is 0 Å². The van der Waals surface area contributed by atoms with Gasteiger partial charge in [0.25, 0.3) is 0 Å². The summed E-state index contributed by atoms with van der Waals surface area (Å²) in [6.07, 6.45) is 7.11. The number of nitrogens with one attached hydrogen (secondary N) is 1. The van der Waals surface area contributed by atoms with E-state index in [-0.39, 0.29) is 0 Å². The summed E-state index contributed by atoms with van der Waals surface area (Å²) in [6.45, 7) is 9.14. The van der Waals surface area contributed by atoms with Gasteiger partial charge in [-0.1, -0.05) is 13.8 Å². The van der Waals surface area contributed by atoms with Crippen molar-refractivity contribution in [3.8, 4) is 0 Å². The largest absolute Gasteiger partial charge is 0.468 e. The third-order valence-electron chi connectivity index (χ3n) is 4.57. The molecule has 2 aliphatic rings. The van der Waals surface area contributed by atoms with Gasteiger partial charge in [-0.05, 0) is 50.3 Å². The van der Waals surface area contributed by atoms with Crippen LogP contribution >= 0.6 is 0 Å². The van der Waals surface area contributed by atoms with Gasteiger partial charge in [0.2, 0.25) is 0 Å². The topological polar surface area (TPSA) is 28.4 Å². The van der Waals surface area contributed by atoms with Crippen LogP contribution in [-0.4, -0.2) is 24.0 Å². The van der Waals surface area contributed by atoms with E-state index in [4.69, 9.17) is 4.42 Å². The lowest BCUT2D eigenvalue weighted by Crippen LogP contribution is -2.36. The molecule has 2 heterocycles. The molecule has 1 saturated heterocycles. The zero-order valence-electron chi connectivity index (χ0n) is 12.2. The van der Waals surface area contributed by atoms with Crippen molar-refractivity contribution in [2.45, 2.75) is 58.7 Å². The number of hydrogen-bond acceptors (Lipinski definition) is 3. The molecule has 106 valence electrons. The molecule has 19 heavy (non-hydrogen) atoms. The maximum Gasteiger partial charge on any atom is 0.122 e. The number of piperidine rings is 1. The van der Waals surface area contributed by atoms with Gasteiger partial charge in [-0.3, -0.25) is 4.90 Å². The fraction of sp³-hybridized carbons (Fsp3) is 0.750. The molecule has 0 unspecified atom stereocenters. The molecular weight excluding hydrogens is 236 g/mol. The number of rotatable bonds is 5. The summed E-state index contributed by atoms with van der Waals surface area (Å²) >= 11 is 0. The highest BCUT2D eigenvalue weighted by Crippen LogP contribution is 2.30. The zero-order chi connectivity index (χ0) is 13.3. The van der Waals surface area contributed by atoms with Crippen LogP contribution in [0.2, 0.25) is 0 Å². The average molecular weight is 262 g/mol.